The van der Waals surface area contributed by atoms with Crippen molar-refractivity contribution in [2.24, 2.45) is 5.92 Å². The summed E-state index contributed by atoms with van der Waals surface area (Å²) in [7, 11) is -0.244. The maximum Gasteiger partial charge on any atom is 0.00773 e. The van der Waals surface area contributed by atoms with Crippen LogP contribution in [0, 0.1) is 19.8 Å². The molecule has 2 atom stereocenters. The molecule has 0 radical (unpaired) electrons. The minimum absolute atomic E-state index is 0.244. The SMILES string of the molecule is Cc1cc(C)cc(SC[C@H]2C[C@H]2P(c2ccccc2)c2ccccc2)c1. The molecule has 1 fully saturated rings. The average molecular weight is 377 g/mol. The van der Waals surface area contributed by atoms with Gasteiger partial charge in [0, 0.05) is 10.6 Å². The van der Waals surface area contributed by atoms with Crippen molar-refractivity contribution >= 4 is 30.3 Å². The van der Waals surface area contributed by atoms with Crippen molar-refractivity contribution in [3.05, 3.63) is 90.0 Å². The Bertz CT molecular complexity index is 800. The molecule has 3 aromatic carbocycles. The maximum atomic E-state index is 2.33. The number of hydrogen-bond acceptors (Lipinski definition) is 1. The fourth-order valence-electron chi connectivity index (χ4n) is 3.66. The molecule has 0 nitrogen and oxygen atoms in total. The zero-order valence-corrected chi connectivity index (χ0v) is 17.1. The van der Waals surface area contributed by atoms with E-state index in [0.717, 1.165) is 11.6 Å². The molecule has 0 saturated heterocycles. The van der Waals surface area contributed by atoms with E-state index in [1.807, 2.05) is 11.8 Å². The third-order valence-electron chi connectivity index (χ3n) is 4.94. The molecule has 0 heterocycles. The highest BCUT2D eigenvalue weighted by Crippen LogP contribution is 2.57. The molecule has 4 rings (SSSR count). The van der Waals surface area contributed by atoms with Crippen molar-refractivity contribution < 1.29 is 0 Å². The van der Waals surface area contributed by atoms with Gasteiger partial charge in [-0.2, -0.15) is 0 Å². The lowest BCUT2D eigenvalue weighted by Gasteiger charge is -2.19. The van der Waals surface area contributed by atoms with Crippen LogP contribution in [-0.2, 0) is 0 Å². The number of aryl methyl sites for hydroxylation is 2. The molecule has 1 aliphatic rings. The smallest absolute Gasteiger partial charge is 0.00773 e. The van der Waals surface area contributed by atoms with Crippen LogP contribution in [0.1, 0.15) is 17.5 Å². The minimum Gasteiger partial charge on any atom is -0.126 e. The van der Waals surface area contributed by atoms with Crippen LogP contribution < -0.4 is 10.6 Å². The molecular formula is C24H25PS. The molecule has 0 unspecified atom stereocenters. The summed E-state index contributed by atoms with van der Waals surface area (Å²) in [6.07, 6.45) is 1.37. The molecule has 0 aromatic heterocycles. The molecule has 0 spiro atoms. The Balaban J connectivity index is 1.48. The van der Waals surface area contributed by atoms with E-state index < -0.39 is 0 Å². The zero-order chi connectivity index (χ0) is 17.9. The molecule has 0 aliphatic heterocycles. The predicted octanol–water partition coefficient (Wildman–Crippen LogP) is 5.92. The first kappa shape index (κ1) is 17.8. The first-order valence-electron chi connectivity index (χ1n) is 9.31. The molecule has 132 valence electrons. The lowest BCUT2D eigenvalue weighted by Crippen LogP contribution is -2.15. The van der Waals surface area contributed by atoms with Crippen LogP contribution in [0.15, 0.2) is 83.8 Å². The summed E-state index contributed by atoms with van der Waals surface area (Å²) in [5, 5.41) is 3.05. The van der Waals surface area contributed by atoms with Crippen LogP contribution >= 0.6 is 19.7 Å². The van der Waals surface area contributed by atoms with Gasteiger partial charge in [-0.3, -0.25) is 0 Å². The summed E-state index contributed by atoms with van der Waals surface area (Å²) in [4.78, 5) is 1.43. The first-order chi connectivity index (χ1) is 12.7. The summed E-state index contributed by atoms with van der Waals surface area (Å²) < 4.78 is 0. The topological polar surface area (TPSA) is 0 Å². The second-order valence-electron chi connectivity index (χ2n) is 7.24. The second-order valence-corrected chi connectivity index (χ2v) is 10.8. The van der Waals surface area contributed by atoms with E-state index in [0.29, 0.717) is 0 Å². The number of rotatable bonds is 6. The van der Waals surface area contributed by atoms with Crippen molar-refractivity contribution in [2.45, 2.75) is 30.8 Å². The van der Waals surface area contributed by atoms with Crippen molar-refractivity contribution in [2.75, 3.05) is 5.75 Å². The van der Waals surface area contributed by atoms with Gasteiger partial charge in [0.05, 0.1) is 0 Å². The van der Waals surface area contributed by atoms with Gasteiger partial charge in [0.25, 0.3) is 0 Å². The summed E-state index contributed by atoms with van der Waals surface area (Å²) in [6, 6.07) is 29.2. The van der Waals surface area contributed by atoms with E-state index in [1.54, 1.807) is 0 Å². The van der Waals surface area contributed by atoms with Crippen LogP contribution in [0.25, 0.3) is 0 Å². The summed E-state index contributed by atoms with van der Waals surface area (Å²) >= 11 is 2.04. The molecule has 0 N–H and O–H groups in total. The van der Waals surface area contributed by atoms with E-state index in [1.165, 1.54) is 38.8 Å². The summed E-state index contributed by atoms with van der Waals surface area (Å²) in [6.45, 7) is 4.39. The van der Waals surface area contributed by atoms with Crippen molar-refractivity contribution in [3.8, 4) is 0 Å². The average Bonchev–Trinajstić information content (AvgIpc) is 3.40. The minimum atomic E-state index is -0.244. The summed E-state index contributed by atoms with van der Waals surface area (Å²) in [5.41, 5.74) is 3.57. The highest BCUT2D eigenvalue weighted by Gasteiger charge is 2.43. The van der Waals surface area contributed by atoms with E-state index in [4.69, 9.17) is 0 Å². The first-order valence-corrected chi connectivity index (χ1v) is 11.7. The van der Waals surface area contributed by atoms with Gasteiger partial charge in [0.1, 0.15) is 0 Å². The molecular weight excluding hydrogens is 351 g/mol. The van der Waals surface area contributed by atoms with E-state index in [2.05, 4.69) is 92.7 Å². The predicted molar refractivity (Wildman–Crippen MR) is 118 cm³/mol. The normalized spacial score (nSPS) is 18.9. The van der Waals surface area contributed by atoms with Crippen LogP contribution in [0.5, 0.6) is 0 Å². The second kappa shape index (κ2) is 7.99. The fraction of sp³-hybridized carbons (Fsp3) is 0.250. The van der Waals surface area contributed by atoms with Crippen molar-refractivity contribution in [1.29, 1.82) is 0 Å². The molecule has 3 aromatic rings. The molecule has 0 bridgehead atoms. The Morgan fingerprint density at radius 1 is 0.808 bits per heavy atom. The van der Waals surface area contributed by atoms with Crippen molar-refractivity contribution in [3.63, 3.8) is 0 Å². The molecule has 0 amide bonds. The van der Waals surface area contributed by atoms with Gasteiger partial charge >= 0.3 is 0 Å². The zero-order valence-electron chi connectivity index (χ0n) is 15.4. The third kappa shape index (κ3) is 4.22. The van der Waals surface area contributed by atoms with E-state index >= 15 is 0 Å². The molecule has 1 aliphatic carbocycles. The van der Waals surface area contributed by atoms with Gasteiger partial charge in [-0.05, 0) is 73.6 Å². The Labute approximate surface area is 162 Å². The monoisotopic (exact) mass is 376 g/mol. The molecule has 1 saturated carbocycles. The van der Waals surface area contributed by atoms with Gasteiger partial charge in [-0.15, -0.1) is 11.8 Å². The lowest BCUT2D eigenvalue weighted by molar-refractivity contribution is 1.00. The largest absolute Gasteiger partial charge is 0.126 e. The number of hydrogen-bond donors (Lipinski definition) is 0. The van der Waals surface area contributed by atoms with Crippen LogP contribution in [0.3, 0.4) is 0 Å². The maximum absolute atomic E-state index is 2.33. The fourth-order valence-corrected chi connectivity index (χ4v) is 8.17. The van der Waals surface area contributed by atoms with Gasteiger partial charge in [-0.25, -0.2) is 0 Å². The van der Waals surface area contributed by atoms with Crippen LogP contribution in [0.4, 0.5) is 0 Å². The molecule has 2 heteroatoms. The quantitative estimate of drug-likeness (QED) is 0.380. The lowest BCUT2D eigenvalue weighted by atomic mass is 10.2. The Morgan fingerprint density at radius 2 is 1.35 bits per heavy atom. The Hall–Kier alpha value is -1.56. The number of benzene rings is 3. The highest BCUT2D eigenvalue weighted by atomic mass is 32.2. The van der Waals surface area contributed by atoms with Gasteiger partial charge in [-0.1, -0.05) is 66.7 Å². The number of thioether (sulfide) groups is 1. The third-order valence-corrected chi connectivity index (χ3v) is 9.11. The Morgan fingerprint density at radius 3 is 1.88 bits per heavy atom. The van der Waals surface area contributed by atoms with Crippen LogP contribution in [-0.4, -0.2) is 11.4 Å². The van der Waals surface area contributed by atoms with Crippen LogP contribution in [0.2, 0.25) is 0 Å². The van der Waals surface area contributed by atoms with Gasteiger partial charge in [0.2, 0.25) is 0 Å². The van der Waals surface area contributed by atoms with E-state index in [9.17, 15) is 0 Å². The molecule has 26 heavy (non-hydrogen) atoms. The highest BCUT2D eigenvalue weighted by molar-refractivity contribution is 7.99. The van der Waals surface area contributed by atoms with Gasteiger partial charge in [0.15, 0.2) is 0 Å². The van der Waals surface area contributed by atoms with Gasteiger partial charge < -0.3 is 0 Å². The Kier molecular flexibility index (Phi) is 5.48. The van der Waals surface area contributed by atoms with E-state index in [-0.39, 0.29) is 7.92 Å². The standard InChI is InChI=1S/C24H25PS/c1-18-13-19(2)15-23(14-18)26-17-20-16-24(20)25(21-9-5-3-6-10-21)22-11-7-4-8-12-22/h3-15,20,24H,16-17H2,1-2H3/t20-,24-/m1/s1. The van der Waals surface area contributed by atoms with Crippen molar-refractivity contribution in [1.82, 2.24) is 0 Å². The summed E-state index contributed by atoms with van der Waals surface area (Å²) in [5.74, 6) is 2.08.